The molecule has 0 bridgehead atoms. The molecule has 0 N–H and O–H groups in total. The SMILES string of the molecule is COc1ccc2c(c1)CN(c1cc(C)nc3nc(C(F)(F)F)nn13)CC2. The van der Waals surface area contributed by atoms with E-state index in [1.165, 1.54) is 10.1 Å². The number of aryl methyl sites for hydroxylation is 1. The molecule has 9 heteroatoms. The molecule has 0 unspecified atom stereocenters. The van der Waals surface area contributed by atoms with Crippen molar-refractivity contribution >= 4 is 11.6 Å². The summed E-state index contributed by atoms with van der Waals surface area (Å²) in [6.45, 7) is 2.94. The Bertz CT molecular complexity index is 982. The van der Waals surface area contributed by atoms with E-state index in [2.05, 4.69) is 15.1 Å². The number of benzene rings is 1. The van der Waals surface area contributed by atoms with Crippen molar-refractivity contribution in [3.05, 3.63) is 46.9 Å². The van der Waals surface area contributed by atoms with Crippen LogP contribution in [0.4, 0.5) is 19.0 Å². The van der Waals surface area contributed by atoms with E-state index in [9.17, 15) is 13.2 Å². The van der Waals surface area contributed by atoms with Crippen LogP contribution < -0.4 is 9.64 Å². The number of ether oxygens (including phenoxy) is 1. The Morgan fingerprint density at radius 3 is 2.65 bits per heavy atom. The summed E-state index contributed by atoms with van der Waals surface area (Å²) >= 11 is 0. The van der Waals surface area contributed by atoms with Gasteiger partial charge in [0.1, 0.15) is 11.6 Å². The average molecular weight is 363 g/mol. The molecule has 26 heavy (non-hydrogen) atoms. The standard InChI is InChI=1S/C17H16F3N5O/c1-10-7-14(25-16(21-10)22-15(23-25)17(18,19)20)24-6-5-11-3-4-13(26-2)8-12(11)9-24/h3-4,7-8H,5-6,9H2,1-2H3. The molecular formula is C17H16F3N5O. The van der Waals surface area contributed by atoms with E-state index in [0.29, 0.717) is 24.6 Å². The van der Waals surface area contributed by atoms with E-state index in [1.807, 2.05) is 23.1 Å². The van der Waals surface area contributed by atoms with Crippen LogP contribution in [0.3, 0.4) is 0 Å². The van der Waals surface area contributed by atoms with Gasteiger partial charge in [0.25, 0.3) is 11.6 Å². The lowest BCUT2D eigenvalue weighted by Crippen LogP contribution is -2.32. The molecule has 136 valence electrons. The summed E-state index contributed by atoms with van der Waals surface area (Å²) in [6, 6.07) is 7.62. The number of hydrogen-bond acceptors (Lipinski definition) is 5. The van der Waals surface area contributed by atoms with Gasteiger partial charge in [-0.25, -0.2) is 4.98 Å². The fourth-order valence-corrected chi connectivity index (χ4v) is 3.17. The minimum absolute atomic E-state index is 0.0521. The number of nitrogens with zero attached hydrogens (tertiary/aromatic N) is 5. The quantitative estimate of drug-likeness (QED) is 0.701. The monoisotopic (exact) mass is 363 g/mol. The second-order valence-corrected chi connectivity index (χ2v) is 6.21. The predicted octanol–water partition coefficient (Wildman–Crippen LogP) is 3.02. The van der Waals surface area contributed by atoms with Gasteiger partial charge in [-0.3, -0.25) is 0 Å². The van der Waals surface area contributed by atoms with E-state index >= 15 is 0 Å². The first-order chi connectivity index (χ1) is 12.3. The van der Waals surface area contributed by atoms with Gasteiger partial charge in [-0.2, -0.15) is 22.7 Å². The van der Waals surface area contributed by atoms with Crippen molar-refractivity contribution in [2.75, 3.05) is 18.6 Å². The van der Waals surface area contributed by atoms with Gasteiger partial charge in [-0.05, 0) is 36.6 Å². The summed E-state index contributed by atoms with van der Waals surface area (Å²) < 4.78 is 45.4. The molecule has 3 aromatic rings. The molecule has 4 rings (SSSR count). The van der Waals surface area contributed by atoms with E-state index < -0.39 is 12.0 Å². The summed E-state index contributed by atoms with van der Waals surface area (Å²) in [6.07, 6.45) is -3.83. The van der Waals surface area contributed by atoms with Crippen molar-refractivity contribution in [3.63, 3.8) is 0 Å². The number of hydrogen-bond donors (Lipinski definition) is 0. The summed E-state index contributed by atoms with van der Waals surface area (Å²) in [5, 5.41) is 3.64. The highest BCUT2D eigenvalue weighted by Crippen LogP contribution is 2.30. The maximum atomic E-state index is 13.0. The lowest BCUT2D eigenvalue weighted by molar-refractivity contribution is -0.144. The van der Waals surface area contributed by atoms with E-state index in [0.717, 1.165) is 17.7 Å². The zero-order valence-electron chi connectivity index (χ0n) is 14.2. The van der Waals surface area contributed by atoms with Gasteiger partial charge in [-0.1, -0.05) is 6.07 Å². The largest absolute Gasteiger partial charge is 0.497 e. The van der Waals surface area contributed by atoms with Gasteiger partial charge in [0.15, 0.2) is 0 Å². The third kappa shape index (κ3) is 2.83. The number of rotatable bonds is 2. The normalized spacial score (nSPS) is 14.6. The zero-order chi connectivity index (χ0) is 18.5. The van der Waals surface area contributed by atoms with Crippen LogP contribution in [0, 0.1) is 6.92 Å². The first-order valence-electron chi connectivity index (χ1n) is 8.07. The molecular weight excluding hydrogens is 347 g/mol. The second-order valence-electron chi connectivity index (χ2n) is 6.21. The molecule has 0 atom stereocenters. The molecule has 0 radical (unpaired) electrons. The molecule has 0 saturated carbocycles. The van der Waals surface area contributed by atoms with Gasteiger partial charge in [0.2, 0.25) is 0 Å². The second kappa shape index (κ2) is 5.86. The minimum atomic E-state index is -4.61. The van der Waals surface area contributed by atoms with Crippen molar-refractivity contribution in [3.8, 4) is 5.75 Å². The van der Waals surface area contributed by atoms with Crippen LogP contribution in [-0.4, -0.2) is 33.2 Å². The molecule has 0 aliphatic carbocycles. The van der Waals surface area contributed by atoms with Crippen LogP contribution in [-0.2, 0) is 19.1 Å². The first-order valence-corrected chi connectivity index (χ1v) is 8.07. The van der Waals surface area contributed by atoms with Gasteiger partial charge in [0.05, 0.1) is 7.11 Å². The molecule has 1 aliphatic heterocycles. The summed E-state index contributed by atoms with van der Waals surface area (Å²) in [7, 11) is 1.60. The van der Waals surface area contributed by atoms with E-state index in [1.54, 1.807) is 20.1 Å². The third-order valence-electron chi connectivity index (χ3n) is 4.42. The minimum Gasteiger partial charge on any atom is -0.497 e. The molecule has 3 heterocycles. The Morgan fingerprint density at radius 2 is 1.92 bits per heavy atom. The maximum absolute atomic E-state index is 13.0. The van der Waals surface area contributed by atoms with Crippen molar-refractivity contribution in [1.29, 1.82) is 0 Å². The van der Waals surface area contributed by atoms with Crippen LogP contribution >= 0.6 is 0 Å². The molecule has 0 fully saturated rings. The summed E-state index contributed by atoms with van der Waals surface area (Å²) in [5.41, 5.74) is 2.87. The highest BCUT2D eigenvalue weighted by Gasteiger charge is 2.37. The molecule has 0 amide bonds. The molecule has 1 aromatic carbocycles. The van der Waals surface area contributed by atoms with Crippen LogP contribution in [0.25, 0.3) is 5.78 Å². The lowest BCUT2D eigenvalue weighted by atomic mass is 9.99. The van der Waals surface area contributed by atoms with Crippen LogP contribution in [0.2, 0.25) is 0 Å². The van der Waals surface area contributed by atoms with Crippen LogP contribution in [0.1, 0.15) is 22.6 Å². The fraction of sp³-hybridized carbons (Fsp3) is 0.353. The average Bonchev–Trinajstić information content (AvgIpc) is 3.04. The predicted molar refractivity (Wildman–Crippen MR) is 88.3 cm³/mol. The summed E-state index contributed by atoms with van der Waals surface area (Å²) in [5.74, 6) is 0.0606. The number of alkyl halides is 3. The first kappa shape index (κ1) is 16.6. The number of halogens is 3. The fourth-order valence-electron chi connectivity index (χ4n) is 3.17. The maximum Gasteiger partial charge on any atom is 0.453 e. The van der Waals surface area contributed by atoms with Gasteiger partial charge >= 0.3 is 6.18 Å². The van der Waals surface area contributed by atoms with Crippen molar-refractivity contribution in [2.24, 2.45) is 0 Å². The lowest BCUT2D eigenvalue weighted by Gasteiger charge is -2.30. The number of aromatic nitrogens is 4. The van der Waals surface area contributed by atoms with Crippen molar-refractivity contribution < 1.29 is 17.9 Å². The van der Waals surface area contributed by atoms with Gasteiger partial charge in [0, 0.05) is 24.8 Å². The smallest absolute Gasteiger partial charge is 0.453 e. The van der Waals surface area contributed by atoms with E-state index in [-0.39, 0.29) is 5.78 Å². The number of methoxy groups -OCH3 is 1. The van der Waals surface area contributed by atoms with Gasteiger partial charge in [-0.15, -0.1) is 5.10 Å². The Labute approximate surface area is 147 Å². The zero-order valence-corrected chi connectivity index (χ0v) is 14.2. The number of fused-ring (bicyclic) bond motifs is 2. The van der Waals surface area contributed by atoms with Crippen LogP contribution in [0.15, 0.2) is 24.3 Å². The van der Waals surface area contributed by atoms with Gasteiger partial charge < -0.3 is 9.64 Å². The highest BCUT2D eigenvalue weighted by molar-refractivity contribution is 5.51. The summed E-state index contributed by atoms with van der Waals surface area (Å²) in [4.78, 5) is 9.61. The molecule has 1 aliphatic rings. The molecule has 6 nitrogen and oxygen atoms in total. The van der Waals surface area contributed by atoms with E-state index in [4.69, 9.17) is 4.74 Å². The Morgan fingerprint density at radius 1 is 1.12 bits per heavy atom. The van der Waals surface area contributed by atoms with Crippen molar-refractivity contribution in [2.45, 2.75) is 26.1 Å². The topological polar surface area (TPSA) is 55.5 Å². The molecule has 0 spiro atoms. The highest BCUT2D eigenvalue weighted by atomic mass is 19.4. The third-order valence-corrected chi connectivity index (χ3v) is 4.42. The number of anilines is 1. The Hall–Kier alpha value is -2.84. The molecule has 0 saturated heterocycles. The Kier molecular flexibility index (Phi) is 3.74. The Balaban J connectivity index is 1.78. The van der Waals surface area contributed by atoms with Crippen LogP contribution in [0.5, 0.6) is 5.75 Å². The molecule has 2 aromatic heterocycles. The van der Waals surface area contributed by atoms with Crippen molar-refractivity contribution in [1.82, 2.24) is 19.6 Å².